The lowest BCUT2D eigenvalue weighted by Gasteiger charge is -2.33. The van der Waals surface area contributed by atoms with Crippen molar-refractivity contribution in [2.24, 2.45) is 0 Å². The molecule has 6 nitrogen and oxygen atoms in total. The van der Waals surface area contributed by atoms with Gasteiger partial charge >= 0.3 is 0 Å². The monoisotopic (exact) mass is 322 g/mol. The second-order valence-corrected chi connectivity index (χ2v) is 5.54. The van der Waals surface area contributed by atoms with E-state index in [1.165, 1.54) is 6.20 Å². The van der Waals surface area contributed by atoms with Gasteiger partial charge in [-0.3, -0.25) is 4.79 Å². The number of aromatic nitrogens is 1. The molecule has 1 unspecified atom stereocenters. The van der Waals surface area contributed by atoms with Gasteiger partial charge in [0.25, 0.3) is 0 Å². The Balaban J connectivity index is 1.78. The molecule has 1 amide bonds. The Labute approximate surface area is 140 Å². The molecule has 1 aromatic carbocycles. The molecule has 0 saturated carbocycles. The van der Waals surface area contributed by atoms with Crippen molar-refractivity contribution in [3.8, 4) is 11.8 Å². The van der Waals surface area contributed by atoms with Crippen molar-refractivity contribution >= 4 is 17.4 Å². The van der Waals surface area contributed by atoms with Gasteiger partial charge in [-0.15, -0.1) is 0 Å². The standard InChI is InChI=1S/C18H18N4O2/c1-24-16-7-3-2-6-15(16)22-10-4-5-14(18(22)23)21-17-9-8-13(11-19)12-20-17/h2-3,6-9,12,14H,4-5,10H2,1H3,(H,20,21). The van der Waals surface area contributed by atoms with E-state index in [4.69, 9.17) is 10.00 Å². The topological polar surface area (TPSA) is 78.2 Å². The summed E-state index contributed by atoms with van der Waals surface area (Å²) in [5.41, 5.74) is 1.27. The largest absolute Gasteiger partial charge is 0.495 e. The average molecular weight is 322 g/mol. The van der Waals surface area contributed by atoms with E-state index in [1.54, 1.807) is 24.1 Å². The number of carbonyl (C=O) groups is 1. The molecule has 24 heavy (non-hydrogen) atoms. The predicted molar refractivity (Wildman–Crippen MR) is 90.9 cm³/mol. The zero-order chi connectivity index (χ0) is 16.9. The highest BCUT2D eigenvalue weighted by Gasteiger charge is 2.31. The van der Waals surface area contributed by atoms with E-state index in [0.29, 0.717) is 23.7 Å². The maximum atomic E-state index is 12.8. The number of hydrogen-bond donors (Lipinski definition) is 1. The van der Waals surface area contributed by atoms with Gasteiger partial charge in [-0.2, -0.15) is 5.26 Å². The predicted octanol–water partition coefficient (Wildman–Crippen LogP) is 2.57. The van der Waals surface area contributed by atoms with Gasteiger partial charge in [-0.1, -0.05) is 12.1 Å². The lowest BCUT2D eigenvalue weighted by Crippen LogP contribution is -2.48. The highest BCUT2D eigenvalue weighted by Crippen LogP contribution is 2.31. The second kappa shape index (κ2) is 7.01. The summed E-state index contributed by atoms with van der Waals surface area (Å²) in [6.07, 6.45) is 3.12. The van der Waals surface area contributed by atoms with Crippen LogP contribution in [0.4, 0.5) is 11.5 Å². The van der Waals surface area contributed by atoms with Crippen LogP contribution in [0.25, 0.3) is 0 Å². The Morgan fingerprint density at radius 3 is 2.88 bits per heavy atom. The highest BCUT2D eigenvalue weighted by atomic mass is 16.5. The van der Waals surface area contributed by atoms with E-state index < -0.39 is 0 Å². The van der Waals surface area contributed by atoms with Crippen LogP contribution >= 0.6 is 0 Å². The summed E-state index contributed by atoms with van der Waals surface area (Å²) in [7, 11) is 1.60. The van der Waals surface area contributed by atoms with Gasteiger partial charge in [0.05, 0.1) is 18.4 Å². The smallest absolute Gasteiger partial charge is 0.249 e. The van der Waals surface area contributed by atoms with Crippen LogP contribution in [0, 0.1) is 11.3 Å². The summed E-state index contributed by atoms with van der Waals surface area (Å²) < 4.78 is 5.37. The van der Waals surface area contributed by atoms with E-state index in [0.717, 1.165) is 18.5 Å². The molecule has 1 N–H and O–H groups in total. The zero-order valence-electron chi connectivity index (χ0n) is 13.4. The number of rotatable bonds is 4. The molecule has 0 aliphatic carbocycles. The molecule has 2 heterocycles. The number of anilines is 2. The first kappa shape index (κ1) is 15.8. The number of nitriles is 1. The minimum atomic E-state index is -0.343. The number of nitrogens with one attached hydrogen (secondary N) is 1. The molecule has 1 aliphatic heterocycles. The Hall–Kier alpha value is -3.07. The number of hydrogen-bond acceptors (Lipinski definition) is 5. The Bertz CT molecular complexity index is 767. The molecule has 1 saturated heterocycles. The first-order valence-electron chi connectivity index (χ1n) is 7.80. The Kier molecular flexibility index (Phi) is 4.62. The third kappa shape index (κ3) is 3.15. The summed E-state index contributed by atoms with van der Waals surface area (Å²) in [5.74, 6) is 1.27. The lowest BCUT2D eigenvalue weighted by molar-refractivity contribution is -0.120. The number of pyridine rings is 1. The molecular formula is C18H18N4O2. The molecule has 122 valence electrons. The van der Waals surface area contributed by atoms with Crippen molar-refractivity contribution in [3.05, 3.63) is 48.2 Å². The average Bonchev–Trinajstić information content (AvgIpc) is 2.64. The van der Waals surface area contributed by atoms with Crippen LogP contribution in [-0.2, 0) is 4.79 Å². The number of ether oxygens (including phenoxy) is 1. The van der Waals surface area contributed by atoms with E-state index in [2.05, 4.69) is 10.3 Å². The first-order chi connectivity index (χ1) is 11.7. The normalized spacial score (nSPS) is 17.2. The molecule has 0 bridgehead atoms. The van der Waals surface area contributed by atoms with Crippen molar-refractivity contribution in [3.63, 3.8) is 0 Å². The summed E-state index contributed by atoms with van der Waals surface area (Å²) >= 11 is 0. The molecule has 2 aromatic rings. The van der Waals surface area contributed by atoms with Crippen LogP contribution in [0.15, 0.2) is 42.6 Å². The van der Waals surface area contributed by atoms with Gasteiger partial charge in [-0.05, 0) is 37.1 Å². The van der Waals surface area contributed by atoms with Gasteiger partial charge in [0.1, 0.15) is 23.7 Å². The maximum absolute atomic E-state index is 12.8. The van der Waals surface area contributed by atoms with Gasteiger partial charge in [0.15, 0.2) is 0 Å². The number of amides is 1. The molecule has 0 radical (unpaired) electrons. The number of piperidine rings is 1. The van der Waals surface area contributed by atoms with Crippen LogP contribution in [0.5, 0.6) is 5.75 Å². The van der Waals surface area contributed by atoms with Crippen LogP contribution < -0.4 is 15.0 Å². The number of para-hydroxylation sites is 2. The summed E-state index contributed by atoms with van der Waals surface area (Å²) in [4.78, 5) is 18.8. The quantitative estimate of drug-likeness (QED) is 0.936. The fourth-order valence-electron chi connectivity index (χ4n) is 2.83. The van der Waals surface area contributed by atoms with Crippen molar-refractivity contribution in [1.82, 2.24) is 4.98 Å². The SMILES string of the molecule is COc1ccccc1N1CCCC(Nc2ccc(C#N)cn2)C1=O. The molecule has 6 heteroatoms. The van der Waals surface area contributed by atoms with Crippen LogP contribution in [0.1, 0.15) is 18.4 Å². The van der Waals surface area contributed by atoms with Gasteiger partial charge in [0, 0.05) is 12.7 Å². The number of benzene rings is 1. The van der Waals surface area contributed by atoms with Crippen molar-refractivity contribution in [1.29, 1.82) is 5.26 Å². The number of nitrogens with zero attached hydrogens (tertiary/aromatic N) is 3. The maximum Gasteiger partial charge on any atom is 0.249 e. The van der Waals surface area contributed by atoms with Crippen LogP contribution in [0.2, 0.25) is 0 Å². The number of carbonyl (C=O) groups excluding carboxylic acids is 1. The third-order valence-electron chi connectivity index (χ3n) is 4.03. The van der Waals surface area contributed by atoms with E-state index in [9.17, 15) is 4.79 Å². The van der Waals surface area contributed by atoms with Gasteiger partial charge < -0.3 is 15.0 Å². The highest BCUT2D eigenvalue weighted by molar-refractivity contribution is 6.00. The molecule has 3 rings (SSSR count). The number of methoxy groups -OCH3 is 1. The molecule has 1 atom stereocenters. The fraction of sp³-hybridized carbons (Fsp3) is 0.278. The summed E-state index contributed by atoms with van der Waals surface area (Å²) in [5, 5.41) is 12.0. The van der Waals surface area contributed by atoms with Crippen molar-refractivity contribution in [2.45, 2.75) is 18.9 Å². The molecule has 1 aromatic heterocycles. The molecule has 1 fully saturated rings. The van der Waals surface area contributed by atoms with Crippen LogP contribution in [0.3, 0.4) is 0 Å². The summed E-state index contributed by atoms with van der Waals surface area (Å²) in [6, 6.07) is 12.6. The van der Waals surface area contributed by atoms with E-state index in [1.807, 2.05) is 30.3 Å². The Morgan fingerprint density at radius 2 is 2.17 bits per heavy atom. The van der Waals surface area contributed by atoms with E-state index in [-0.39, 0.29) is 11.9 Å². The minimum absolute atomic E-state index is 0.00286. The second-order valence-electron chi connectivity index (χ2n) is 5.54. The fourth-order valence-corrected chi connectivity index (χ4v) is 2.83. The molecule has 1 aliphatic rings. The first-order valence-corrected chi connectivity index (χ1v) is 7.80. The lowest BCUT2D eigenvalue weighted by atomic mass is 10.0. The zero-order valence-corrected chi connectivity index (χ0v) is 13.4. The van der Waals surface area contributed by atoms with Gasteiger partial charge in [-0.25, -0.2) is 4.98 Å². The van der Waals surface area contributed by atoms with Crippen molar-refractivity contribution in [2.75, 3.05) is 23.9 Å². The van der Waals surface area contributed by atoms with E-state index >= 15 is 0 Å². The molecule has 0 spiro atoms. The Morgan fingerprint density at radius 1 is 1.33 bits per heavy atom. The van der Waals surface area contributed by atoms with Gasteiger partial charge in [0.2, 0.25) is 5.91 Å². The van der Waals surface area contributed by atoms with Crippen LogP contribution in [-0.4, -0.2) is 30.6 Å². The summed E-state index contributed by atoms with van der Waals surface area (Å²) in [6.45, 7) is 0.665. The third-order valence-corrected chi connectivity index (χ3v) is 4.03. The molecular weight excluding hydrogens is 304 g/mol. The minimum Gasteiger partial charge on any atom is -0.495 e. The van der Waals surface area contributed by atoms with Crippen molar-refractivity contribution < 1.29 is 9.53 Å².